The molecule has 1 saturated heterocycles. The number of ether oxygens (including phenoxy) is 1. The predicted octanol–water partition coefficient (Wildman–Crippen LogP) is 3.98. The van der Waals surface area contributed by atoms with Gasteiger partial charge in [0.15, 0.2) is 0 Å². The van der Waals surface area contributed by atoms with Crippen LogP contribution in [0.1, 0.15) is 23.2 Å². The first kappa shape index (κ1) is 19.2. The van der Waals surface area contributed by atoms with Crippen molar-refractivity contribution in [1.29, 1.82) is 0 Å². The summed E-state index contributed by atoms with van der Waals surface area (Å²) >= 11 is 5.99. The second-order valence-corrected chi connectivity index (χ2v) is 6.85. The highest BCUT2D eigenvalue weighted by Crippen LogP contribution is 2.29. The molecule has 0 aromatic heterocycles. The van der Waals surface area contributed by atoms with Gasteiger partial charge in [-0.1, -0.05) is 17.7 Å². The van der Waals surface area contributed by atoms with Crippen LogP contribution in [-0.2, 0) is 4.79 Å². The monoisotopic (exact) mass is 390 g/mol. The molecule has 0 unspecified atom stereocenters. The minimum atomic E-state index is -0.439. The Morgan fingerprint density at radius 1 is 1.19 bits per heavy atom. The summed E-state index contributed by atoms with van der Waals surface area (Å²) in [7, 11) is 1.52. The number of carbonyl (C=O) groups is 2. The molecular formula is C20H20ClFN2O3. The van der Waals surface area contributed by atoms with Crippen molar-refractivity contribution in [2.75, 3.05) is 25.5 Å². The highest BCUT2D eigenvalue weighted by Gasteiger charge is 2.28. The highest BCUT2D eigenvalue weighted by molar-refractivity contribution is 6.31. The van der Waals surface area contributed by atoms with Gasteiger partial charge in [0.25, 0.3) is 5.91 Å². The van der Waals surface area contributed by atoms with Gasteiger partial charge in [0.2, 0.25) is 5.91 Å². The number of piperidine rings is 1. The average molecular weight is 391 g/mol. The Hall–Kier alpha value is -2.60. The van der Waals surface area contributed by atoms with Gasteiger partial charge in [-0.25, -0.2) is 4.39 Å². The topological polar surface area (TPSA) is 58.6 Å². The molecule has 1 heterocycles. The van der Waals surface area contributed by atoms with Crippen molar-refractivity contribution in [3.05, 3.63) is 58.9 Å². The van der Waals surface area contributed by atoms with Crippen LogP contribution in [0.2, 0.25) is 5.02 Å². The van der Waals surface area contributed by atoms with E-state index in [1.165, 1.54) is 25.3 Å². The number of benzene rings is 2. The minimum Gasteiger partial charge on any atom is -0.495 e. The highest BCUT2D eigenvalue weighted by atomic mass is 35.5. The zero-order valence-corrected chi connectivity index (χ0v) is 15.6. The third-order valence-electron chi connectivity index (χ3n) is 4.64. The molecule has 1 aliphatic heterocycles. The predicted molar refractivity (Wildman–Crippen MR) is 102 cm³/mol. The summed E-state index contributed by atoms with van der Waals surface area (Å²) in [5.41, 5.74) is 0.842. The van der Waals surface area contributed by atoms with E-state index in [-0.39, 0.29) is 17.7 Å². The lowest BCUT2D eigenvalue weighted by Crippen LogP contribution is -2.41. The van der Waals surface area contributed by atoms with Gasteiger partial charge >= 0.3 is 0 Å². The first-order chi connectivity index (χ1) is 13.0. The summed E-state index contributed by atoms with van der Waals surface area (Å²) in [5, 5.41) is 3.36. The van der Waals surface area contributed by atoms with E-state index < -0.39 is 5.82 Å². The number of likely N-dealkylation sites (tertiary alicyclic amines) is 1. The van der Waals surface area contributed by atoms with Crippen LogP contribution in [0.25, 0.3) is 0 Å². The van der Waals surface area contributed by atoms with Gasteiger partial charge in [0, 0.05) is 29.6 Å². The molecule has 2 amide bonds. The van der Waals surface area contributed by atoms with Gasteiger partial charge in [0.05, 0.1) is 12.8 Å². The zero-order chi connectivity index (χ0) is 19.4. The number of nitrogens with one attached hydrogen (secondary N) is 1. The minimum absolute atomic E-state index is 0.131. The Morgan fingerprint density at radius 2 is 1.93 bits per heavy atom. The fourth-order valence-electron chi connectivity index (χ4n) is 3.16. The molecule has 0 atom stereocenters. The fraction of sp³-hybridized carbons (Fsp3) is 0.300. The molecule has 1 N–H and O–H groups in total. The van der Waals surface area contributed by atoms with Gasteiger partial charge < -0.3 is 15.0 Å². The van der Waals surface area contributed by atoms with E-state index in [2.05, 4.69) is 5.32 Å². The molecule has 27 heavy (non-hydrogen) atoms. The number of nitrogens with zero attached hydrogens (tertiary/aromatic N) is 1. The molecule has 1 aliphatic rings. The maximum Gasteiger partial charge on any atom is 0.253 e. The molecule has 142 valence electrons. The molecule has 2 aromatic carbocycles. The molecule has 0 radical (unpaired) electrons. The molecule has 7 heteroatoms. The second kappa shape index (κ2) is 8.39. The van der Waals surface area contributed by atoms with Crippen LogP contribution < -0.4 is 10.1 Å². The Bertz CT molecular complexity index is 851. The number of hydrogen-bond acceptors (Lipinski definition) is 3. The van der Waals surface area contributed by atoms with Crippen LogP contribution in [0.5, 0.6) is 5.75 Å². The first-order valence-corrected chi connectivity index (χ1v) is 9.05. The smallest absolute Gasteiger partial charge is 0.253 e. The lowest BCUT2D eigenvalue weighted by Gasteiger charge is -2.31. The molecule has 0 aliphatic carbocycles. The average Bonchev–Trinajstić information content (AvgIpc) is 2.67. The summed E-state index contributed by atoms with van der Waals surface area (Å²) < 4.78 is 18.6. The van der Waals surface area contributed by atoms with Crippen LogP contribution in [0.3, 0.4) is 0 Å². The lowest BCUT2D eigenvalue weighted by atomic mass is 9.95. The summed E-state index contributed by atoms with van der Waals surface area (Å²) in [6.45, 7) is 0.889. The normalized spacial score (nSPS) is 14.7. The molecule has 3 rings (SSSR count). The molecule has 0 spiro atoms. The zero-order valence-electron chi connectivity index (χ0n) is 14.9. The van der Waals surface area contributed by atoms with Crippen molar-refractivity contribution >= 4 is 29.1 Å². The van der Waals surface area contributed by atoms with Crippen LogP contribution >= 0.6 is 11.6 Å². The van der Waals surface area contributed by atoms with Crippen molar-refractivity contribution in [3.63, 3.8) is 0 Å². The summed E-state index contributed by atoms with van der Waals surface area (Å²) in [5.74, 6) is -0.472. The van der Waals surface area contributed by atoms with Crippen LogP contribution in [0.4, 0.5) is 10.1 Å². The number of methoxy groups -OCH3 is 1. The van der Waals surface area contributed by atoms with Gasteiger partial charge in [-0.3, -0.25) is 9.59 Å². The van der Waals surface area contributed by atoms with Gasteiger partial charge in [0.1, 0.15) is 11.6 Å². The van der Waals surface area contributed by atoms with E-state index in [1.807, 2.05) is 0 Å². The van der Waals surface area contributed by atoms with Gasteiger partial charge in [-0.15, -0.1) is 0 Å². The number of amides is 2. The third kappa shape index (κ3) is 4.57. The molecule has 5 nitrogen and oxygen atoms in total. The number of halogens is 2. The SMILES string of the molecule is COc1ccc(Cl)cc1NC(=O)C1CCN(C(=O)c2cccc(F)c2)CC1. The van der Waals surface area contributed by atoms with E-state index in [0.717, 1.165) is 0 Å². The Kier molecular flexibility index (Phi) is 5.96. The Balaban J connectivity index is 1.60. The quantitative estimate of drug-likeness (QED) is 0.859. The van der Waals surface area contributed by atoms with E-state index in [1.54, 1.807) is 29.2 Å². The standard InChI is InChI=1S/C20H20ClFN2O3/c1-27-18-6-5-15(21)12-17(18)23-19(25)13-7-9-24(10-8-13)20(26)14-3-2-4-16(22)11-14/h2-6,11-13H,7-10H2,1H3,(H,23,25). The fourth-order valence-corrected chi connectivity index (χ4v) is 3.33. The summed E-state index contributed by atoms with van der Waals surface area (Å²) in [4.78, 5) is 26.7. The Labute approximate surface area is 162 Å². The van der Waals surface area contributed by atoms with E-state index >= 15 is 0 Å². The van der Waals surface area contributed by atoms with Crippen LogP contribution in [0, 0.1) is 11.7 Å². The van der Waals surface area contributed by atoms with Crippen LogP contribution in [-0.4, -0.2) is 36.9 Å². The number of anilines is 1. The number of carbonyl (C=O) groups excluding carboxylic acids is 2. The summed E-state index contributed by atoms with van der Waals surface area (Å²) in [6, 6.07) is 10.7. The summed E-state index contributed by atoms with van der Waals surface area (Å²) in [6.07, 6.45) is 1.07. The molecular weight excluding hydrogens is 371 g/mol. The van der Waals surface area contributed by atoms with Crippen LogP contribution in [0.15, 0.2) is 42.5 Å². The third-order valence-corrected chi connectivity index (χ3v) is 4.88. The maximum atomic E-state index is 13.3. The van der Waals surface area contributed by atoms with E-state index in [4.69, 9.17) is 16.3 Å². The van der Waals surface area contributed by atoms with Crippen molar-refractivity contribution in [3.8, 4) is 5.75 Å². The van der Waals surface area contributed by atoms with E-state index in [0.29, 0.717) is 48.0 Å². The van der Waals surface area contributed by atoms with Crippen molar-refractivity contribution in [1.82, 2.24) is 4.90 Å². The first-order valence-electron chi connectivity index (χ1n) is 8.67. The van der Waals surface area contributed by atoms with Crippen molar-refractivity contribution in [2.24, 2.45) is 5.92 Å². The molecule has 0 saturated carbocycles. The number of rotatable bonds is 4. The lowest BCUT2D eigenvalue weighted by molar-refractivity contribution is -0.121. The second-order valence-electron chi connectivity index (χ2n) is 6.41. The maximum absolute atomic E-state index is 13.3. The molecule has 1 fully saturated rings. The van der Waals surface area contributed by atoms with E-state index in [9.17, 15) is 14.0 Å². The largest absolute Gasteiger partial charge is 0.495 e. The number of hydrogen-bond donors (Lipinski definition) is 1. The van der Waals surface area contributed by atoms with Gasteiger partial charge in [-0.2, -0.15) is 0 Å². The molecule has 0 bridgehead atoms. The van der Waals surface area contributed by atoms with Crippen molar-refractivity contribution < 1.29 is 18.7 Å². The van der Waals surface area contributed by atoms with Gasteiger partial charge in [-0.05, 0) is 49.2 Å². The Morgan fingerprint density at radius 3 is 2.59 bits per heavy atom. The molecule has 2 aromatic rings. The van der Waals surface area contributed by atoms with Crippen molar-refractivity contribution in [2.45, 2.75) is 12.8 Å².